The van der Waals surface area contributed by atoms with Crippen molar-refractivity contribution >= 4 is 29.1 Å². The number of amides is 3. The molecule has 0 aromatic heterocycles. The van der Waals surface area contributed by atoms with Crippen molar-refractivity contribution in [2.24, 2.45) is 0 Å². The Morgan fingerprint density at radius 2 is 1.52 bits per heavy atom. The second-order valence-electron chi connectivity index (χ2n) is 7.15. The van der Waals surface area contributed by atoms with Crippen molar-refractivity contribution in [3.63, 3.8) is 0 Å². The molecule has 0 bridgehead atoms. The smallest absolute Gasteiger partial charge is 0.254 e. The van der Waals surface area contributed by atoms with E-state index in [1.54, 1.807) is 31.4 Å². The molecule has 0 atom stereocenters. The summed E-state index contributed by atoms with van der Waals surface area (Å²) in [4.78, 5) is 42.1. The van der Waals surface area contributed by atoms with Gasteiger partial charge in [-0.2, -0.15) is 0 Å². The van der Waals surface area contributed by atoms with Crippen molar-refractivity contribution in [1.82, 2.24) is 4.90 Å². The van der Waals surface area contributed by atoms with E-state index < -0.39 is 0 Å². The molecule has 0 N–H and O–H groups in total. The molecule has 0 aliphatic carbocycles. The van der Waals surface area contributed by atoms with E-state index in [-0.39, 0.29) is 30.6 Å². The van der Waals surface area contributed by atoms with E-state index in [9.17, 15) is 14.4 Å². The molecule has 2 aromatic carbocycles. The lowest BCUT2D eigenvalue weighted by atomic mass is 10.1. The number of piperazine rings is 1. The lowest BCUT2D eigenvalue weighted by Crippen LogP contribution is -2.48. The lowest BCUT2D eigenvalue weighted by molar-refractivity contribution is -0.121. The number of rotatable bonds is 4. The number of hydrogen-bond acceptors (Lipinski definition) is 5. The molecule has 0 radical (unpaired) electrons. The number of methoxy groups -OCH3 is 1. The van der Waals surface area contributed by atoms with Crippen LogP contribution in [-0.2, 0) is 9.59 Å². The maximum absolute atomic E-state index is 13.0. The van der Waals surface area contributed by atoms with Crippen LogP contribution in [0.3, 0.4) is 0 Å². The summed E-state index contributed by atoms with van der Waals surface area (Å²) in [6.45, 7) is 2.69. The molecule has 2 heterocycles. The minimum atomic E-state index is -0.215. The second-order valence-corrected chi connectivity index (χ2v) is 7.15. The summed E-state index contributed by atoms with van der Waals surface area (Å²) in [6.07, 6.45) is 0.453. The van der Waals surface area contributed by atoms with Crippen molar-refractivity contribution in [2.75, 3.05) is 43.1 Å². The fourth-order valence-electron chi connectivity index (χ4n) is 3.79. The Balaban J connectivity index is 1.42. The number of imide groups is 1. The third-order valence-electron chi connectivity index (χ3n) is 5.41. The highest BCUT2D eigenvalue weighted by Crippen LogP contribution is 2.25. The quantitative estimate of drug-likeness (QED) is 0.746. The van der Waals surface area contributed by atoms with E-state index in [0.717, 1.165) is 24.5 Å². The van der Waals surface area contributed by atoms with Gasteiger partial charge in [0.25, 0.3) is 5.91 Å². The van der Waals surface area contributed by atoms with Crippen LogP contribution in [0.2, 0.25) is 0 Å². The Labute approximate surface area is 169 Å². The SMILES string of the molecule is COc1ccc(N2CCN(C(=O)c3cccc(N4C(=O)CCC4=O)c3)CC2)cc1. The first-order valence-electron chi connectivity index (χ1n) is 9.71. The van der Waals surface area contributed by atoms with E-state index in [4.69, 9.17) is 4.74 Å². The van der Waals surface area contributed by atoms with Gasteiger partial charge in [0.2, 0.25) is 11.8 Å². The molecule has 3 amide bonds. The molecule has 2 fully saturated rings. The van der Waals surface area contributed by atoms with Crippen molar-refractivity contribution in [2.45, 2.75) is 12.8 Å². The van der Waals surface area contributed by atoms with Gasteiger partial charge < -0.3 is 14.5 Å². The predicted molar refractivity (Wildman–Crippen MR) is 109 cm³/mol. The maximum Gasteiger partial charge on any atom is 0.254 e. The summed E-state index contributed by atoms with van der Waals surface area (Å²) in [5.74, 6) is 0.304. The largest absolute Gasteiger partial charge is 0.497 e. The third-order valence-corrected chi connectivity index (χ3v) is 5.41. The zero-order chi connectivity index (χ0) is 20.4. The Morgan fingerprint density at radius 3 is 2.14 bits per heavy atom. The van der Waals surface area contributed by atoms with E-state index in [0.29, 0.717) is 24.3 Å². The zero-order valence-corrected chi connectivity index (χ0v) is 16.3. The van der Waals surface area contributed by atoms with Gasteiger partial charge in [-0.15, -0.1) is 0 Å². The fraction of sp³-hybridized carbons (Fsp3) is 0.318. The van der Waals surface area contributed by atoms with Crippen LogP contribution in [0.1, 0.15) is 23.2 Å². The van der Waals surface area contributed by atoms with Crippen LogP contribution < -0.4 is 14.5 Å². The lowest BCUT2D eigenvalue weighted by Gasteiger charge is -2.36. The Hall–Kier alpha value is -3.35. The van der Waals surface area contributed by atoms with Crippen LogP contribution in [0.25, 0.3) is 0 Å². The summed E-state index contributed by atoms with van der Waals surface area (Å²) in [5, 5.41) is 0. The average molecular weight is 393 g/mol. The molecular formula is C22H23N3O4. The number of benzene rings is 2. The fourth-order valence-corrected chi connectivity index (χ4v) is 3.79. The topological polar surface area (TPSA) is 70.2 Å². The number of nitrogens with zero attached hydrogens (tertiary/aromatic N) is 3. The first-order chi connectivity index (χ1) is 14.1. The zero-order valence-electron chi connectivity index (χ0n) is 16.3. The van der Waals surface area contributed by atoms with E-state index in [1.165, 1.54) is 4.90 Å². The normalized spacial score (nSPS) is 17.1. The first kappa shape index (κ1) is 19.0. The number of anilines is 2. The van der Waals surface area contributed by atoms with Crippen LogP contribution in [0.5, 0.6) is 5.75 Å². The Morgan fingerprint density at radius 1 is 0.862 bits per heavy atom. The van der Waals surface area contributed by atoms with Gasteiger partial charge in [-0.3, -0.25) is 19.3 Å². The average Bonchev–Trinajstić information content (AvgIpc) is 3.11. The molecule has 2 saturated heterocycles. The maximum atomic E-state index is 13.0. The molecule has 2 aliphatic heterocycles. The molecule has 2 aliphatic rings. The van der Waals surface area contributed by atoms with Crippen molar-refractivity contribution in [1.29, 1.82) is 0 Å². The van der Waals surface area contributed by atoms with Crippen LogP contribution >= 0.6 is 0 Å². The summed E-state index contributed by atoms with van der Waals surface area (Å²) in [6, 6.07) is 14.7. The first-order valence-corrected chi connectivity index (χ1v) is 9.71. The standard InChI is InChI=1S/C22H23N3O4/c1-29-19-7-5-17(6-8-19)23-11-13-24(14-12-23)22(28)16-3-2-4-18(15-16)25-20(26)9-10-21(25)27/h2-8,15H,9-14H2,1H3. The van der Waals surface area contributed by atoms with Gasteiger partial charge in [0.15, 0.2) is 0 Å². The molecule has 29 heavy (non-hydrogen) atoms. The summed E-state index contributed by atoms with van der Waals surface area (Å²) >= 11 is 0. The minimum absolute atomic E-state index is 0.0830. The van der Waals surface area contributed by atoms with Gasteiger partial charge in [0.05, 0.1) is 12.8 Å². The van der Waals surface area contributed by atoms with Gasteiger partial charge in [-0.25, -0.2) is 0 Å². The summed E-state index contributed by atoms with van der Waals surface area (Å²) in [7, 11) is 1.64. The summed E-state index contributed by atoms with van der Waals surface area (Å²) < 4.78 is 5.20. The molecule has 0 saturated carbocycles. The molecular weight excluding hydrogens is 370 g/mol. The highest BCUT2D eigenvalue weighted by atomic mass is 16.5. The second kappa shape index (κ2) is 7.95. The van der Waals surface area contributed by atoms with Crippen LogP contribution in [0, 0.1) is 0 Å². The van der Waals surface area contributed by atoms with E-state index in [2.05, 4.69) is 4.90 Å². The van der Waals surface area contributed by atoms with Crippen molar-refractivity contribution in [3.8, 4) is 5.75 Å². The number of carbonyl (C=O) groups excluding carboxylic acids is 3. The number of carbonyl (C=O) groups is 3. The third kappa shape index (κ3) is 3.81. The molecule has 2 aromatic rings. The molecule has 0 spiro atoms. The minimum Gasteiger partial charge on any atom is -0.497 e. The highest BCUT2D eigenvalue weighted by molar-refractivity contribution is 6.20. The van der Waals surface area contributed by atoms with Crippen LogP contribution in [0.4, 0.5) is 11.4 Å². The van der Waals surface area contributed by atoms with Crippen molar-refractivity contribution in [3.05, 3.63) is 54.1 Å². The van der Waals surface area contributed by atoms with Crippen molar-refractivity contribution < 1.29 is 19.1 Å². The molecule has 7 nitrogen and oxygen atoms in total. The van der Waals surface area contributed by atoms with Gasteiger partial charge in [0, 0.05) is 50.3 Å². The van der Waals surface area contributed by atoms with E-state index >= 15 is 0 Å². The Kier molecular flexibility index (Phi) is 5.20. The van der Waals surface area contributed by atoms with Crippen LogP contribution in [-0.4, -0.2) is 55.9 Å². The van der Waals surface area contributed by atoms with Gasteiger partial charge in [-0.05, 0) is 42.5 Å². The molecule has 0 unspecified atom stereocenters. The predicted octanol–water partition coefficient (Wildman–Crippen LogP) is 2.31. The number of hydrogen-bond donors (Lipinski definition) is 0. The Bertz CT molecular complexity index is 917. The molecule has 4 rings (SSSR count). The van der Waals surface area contributed by atoms with Gasteiger partial charge in [0.1, 0.15) is 5.75 Å². The van der Waals surface area contributed by atoms with Gasteiger partial charge >= 0.3 is 0 Å². The summed E-state index contributed by atoms with van der Waals surface area (Å²) in [5.41, 5.74) is 2.07. The van der Waals surface area contributed by atoms with Crippen LogP contribution in [0.15, 0.2) is 48.5 Å². The number of ether oxygens (including phenoxy) is 1. The molecule has 150 valence electrons. The highest BCUT2D eigenvalue weighted by Gasteiger charge is 2.31. The van der Waals surface area contributed by atoms with E-state index in [1.807, 2.05) is 29.2 Å². The monoisotopic (exact) mass is 393 g/mol. The van der Waals surface area contributed by atoms with Gasteiger partial charge in [-0.1, -0.05) is 6.07 Å². The molecule has 7 heteroatoms.